The van der Waals surface area contributed by atoms with E-state index in [0.717, 1.165) is 35.9 Å². The highest BCUT2D eigenvalue weighted by Crippen LogP contribution is 2.36. The van der Waals surface area contributed by atoms with Crippen LogP contribution in [0.1, 0.15) is 19.3 Å². The number of rotatable bonds is 3. The summed E-state index contributed by atoms with van der Waals surface area (Å²) in [5.41, 5.74) is 7.38. The molecule has 4 nitrogen and oxygen atoms in total. The number of fused-ring (bicyclic) bond motifs is 1. The molecule has 0 radical (unpaired) electrons. The zero-order valence-electron chi connectivity index (χ0n) is 10.5. The number of halogens is 1. The topological polar surface area (TPSA) is 71.2 Å². The second-order valence-corrected chi connectivity index (χ2v) is 5.50. The monoisotopic (exact) mass is 277 g/mol. The molecule has 4 N–H and O–H groups in total. The van der Waals surface area contributed by atoms with E-state index in [-0.39, 0.29) is 0 Å². The molecule has 1 fully saturated rings. The van der Waals surface area contributed by atoms with Crippen LogP contribution < -0.4 is 11.1 Å². The summed E-state index contributed by atoms with van der Waals surface area (Å²) < 4.78 is 0. The molecule has 0 amide bonds. The SMILES string of the molecule is Nc1c(Cl)nc2ccccc2c1NCC1(O)CCC1. The first kappa shape index (κ1) is 12.5. The summed E-state index contributed by atoms with van der Waals surface area (Å²) in [5, 5.41) is 14.6. The molecule has 1 saturated carbocycles. The number of anilines is 2. The van der Waals surface area contributed by atoms with Gasteiger partial charge in [-0.1, -0.05) is 29.8 Å². The first-order valence-corrected chi connectivity index (χ1v) is 6.77. The Morgan fingerprint density at radius 3 is 2.79 bits per heavy atom. The third kappa shape index (κ3) is 2.22. The Balaban J connectivity index is 1.98. The van der Waals surface area contributed by atoms with Crippen LogP contribution in [0.2, 0.25) is 5.15 Å². The average molecular weight is 278 g/mol. The van der Waals surface area contributed by atoms with E-state index in [1.165, 1.54) is 0 Å². The second-order valence-electron chi connectivity index (χ2n) is 5.14. The minimum Gasteiger partial charge on any atom is -0.395 e. The maximum atomic E-state index is 10.2. The fraction of sp³-hybridized carbons (Fsp3) is 0.357. The summed E-state index contributed by atoms with van der Waals surface area (Å²) in [6.07, 6.45) is 2.73. The maximum absolute atomic E-state index is 10.2. The van der Waals surface area contributed by atoms with Gasteiger partial charge in [0.15, 0.2) is 5.15 Å². The van der Waals surface area contributed by atoms with Crippen molar-refractivity contribution in [1.29, 1.82) is 0 Å². The fourth-order valence-corrected chi connectivity index (χ4v) is 2.59. The number of benzene rings is 1. The maximum Gasteiger partial charge on any atom is 0.154 e. The molecule has 0 spiro atoms. The molecule has 100 valence electrons. The lowest BCUT2D eigenvalue weighted by Crippen LogP contribution is -2.43. The molecule has 0 bridgehead atoms. The molecule has 2 aromatic rings. The number of para-hydroxylation sites is 1. The molecule has 19 heavy (non-hydrogen) atoms. The van der Waals surface area contributed by atoms with Crippen molar-refractivity contribution < 1.29 is 5.11 Å². The van der Waals surface area contributed by atoms with Crippen molar-refractivity contribution in [3.63, 3.8) is 0 Å². The summed E-state index contributed by atoms with van der Waals surface area (Å²) in [7, 11) is 0. The smallest absolute Gasteiger partial charge is 0.154 e. The molecule has 1 aromatic heterocycles. The van der Waals surface area contributed by atoms with E-state index in [9.17, 15) is 5.11 Å². The number of pyridine rings is 1. The number of nitrogen functional groups attached to an aromatic ring is 1. The highest BCUT2D eigenvalue weighted by Gasteiger charge is 2.34. The van der Waals surface area contributed by atoms with Gasteiger partial charge >= 0.3 is 0 Å². The van der Waals surface area contributed by atoms with Gasteiger partial charge in [0.2, 0.25) is 0 Å². The third-order valence-corrected chi connectivity index (χ3v) is 4.05. The van der Waals surface area contributed by atoms with Crippen LogP contribution >= 0.6 is 11.6 Å². The van der Waals surface area contributed by atoms with Crippen molar-refractivity contribution >= 4 is 33.9 Å². The van der Waals surface area contributed by atoms with Gasteiger partial charge in [0, 0.05) is 11.9 Å². The van der Waals surface area contributed by atoms with Crippen LogP contribution in [0.25, 0.3) is 10.9 Å². The van der Waals surface area contributed by atoms with Crippen molar-refractivity contribution in [2.75, 3.05) is 17.6 Å². The fourth-order valence-electron chi connectivity index (χ4n) is 2.40. The number of aliphatic hydroxyl groups is 1. The molecule has 1 aromatic carbocycles. The first-order chi connectivity index (χ1) is 9.09. The van der Waals surface area contributed by atoms with Crippen LogP contribution in [0.3, 0.4) is 0 Å². The predicted molar refractivity (Wildman–Crippen MR) is 78.5 cm³/mol. The minimum absolute atomic E-state index is 0.293. The van der Waals surface area contributed by atoms with Gasteiger partial charge in [0.25, 0.3) is 0 Å². The zero-order valence-corrected chi connectivity index (χ0v) is 11.2. The normalized spacial score (nSPS) is 17.2. The highest BCUT2D eigenvalue weighted by molar-refractivity contribution is 6.33. The number of hydrogen-bond donors (Lipinski definition) is 3. The van der Waals surface area contributed by atoms with Crippen LogP contribution in [0, 0.1) is 0 Å². The van der Waals surface area contributed by atoms with Gasteiger partial charge < -0.3 is 16.2 Å². The van der Waals surface area contributed by atoms with Crippen LogP contribution in [0.15, 0.2) is 24.3 Å². The number of nitrogens with two attached hydrogens (primary N) is 1. The van der Waals surface area contributed by atoms with Crippen molar-refractivity contribution in [2.24, 2.45) is 0 Å². The Morgan fingerprint density at radius 1 is 1.37 bits per heavy atom. The quantitative estimate of drug-likeness (QED) is 0.755. The van der Waals surface area contributed by atoms with Crippen LogP contribution in [-0.4, -0.2) is 22.2 Å². The molecule has 3 rings (SSSR count). The Hall–Kier alpha value is -1.52. The highest BCUT2D eigenvalue weighted by atomic mass is 35.5. The second kappa shape index (κ2) is 4.54. The van der Waals surface area contributed by atoms with E-state index >= 15 is 0 Å². The number of hydrogen-bond acceptors (Lipinski definition) is 4. The van der Waals surface area contributed by atoms with E-state index in [1.54, 1.807) is 0 Å². The minimum atomic E-state index is -0.608. The van der Waals surface area contributed by atoms with Crippen LogP contribution in [0.5, 0.6) is 0 Å². The summed E-state index contributed by atoms with van der Waals surface area (Å²) in [4.78, 5) is 4.25. The van der Waals surface area contributed by atoms with Gasteiger partial charge in [-0.05, 0) is 25.3 Å². The summed E-state index contributed by atoms with van der Waals surface area (Å²) in [5.74, 6) is 0. The third-order valence-electron chi connectivity index (χ3n) is 3.76. The average Bonchev–Trinajstić information content (AvgIpc) is 2.37. The molecule has 0 aliphatic heterocycles. The Labute approximate surface area is 116 Å². The standard InChI is InChI=1S/C14H16ClN3O/c15-13-11(16)12(17-8-14(19)6-3-7-14)9-4-1-2-5-10(9)18-13/h1-2,4-5,19H,3,6-8,16H2,(H,17,18). The molecule has 0 unspecified atom stereocenters. The Kier molecular flexibility index (Phi) is 2.99. The summed E-state index contributed by atoms with van der Waals surface area (Å²) in [6.45, 7) is 0.488. The Morgan fingerprint density at radius 2 is 2.11 bits per heavy atom. The van der Waals surface area contributed by atoms with Gasteiger partial charge in [-0.15, -0.1) is 0 Å². The van der Waals surface area contributed by atoms with Crippen LogP contribution in [-0.2, 0) is 0 Å². The number of aromatic nitrogens is 1. The van der Waals surface area contributed by atoms with E-state index in [0.29, 0.717) is 17.4 Å². The Bertz CT molecular complexity index is 625. The van der Waals surface area contributed by atoms with E-state index in [2.05, 4.69) is 10.3 Å². The molecule has 0 saturated heterocycles. The molecule has 1 heterocycles. The molecular weight excluding hydrogens is 262 g/mol. The van der Waals surface area contributed by atoms with Gasteiger partial charge in [-0.2, -0.15) is 0 Å². The summed E-state index contributed by atoms with van der Waals surface area (Å²) in [6, 6.07) is 7.68. The molecular formula is C14H16ClN3O. The van der Waals surface area contributed by atoms with Crippen molar-refractivity contribution in [2.45, 2.75) is 24.9 Å². The van der Waals surface area contributed by atoms with Crippen LogP contribution in [0.4, 0.5) is 11.4 Å². The molecule has 1 aliphatic carbocycles. The van der Waals surface area contributed by atoms with Crippen molar-refractivity contribution in [3.05, 3.63) is 29.4 Å². The number of nitrogens with zero attached hydrogens (tertiary/aromatic N) is 1. The first-order valence-electron chi connectivity index (χ1n) is 6.39. The van der Waals surface area contributed by atoms with Gasteiger partial charge in [0.1, 0.15) is 0 Å². The molecule has 0 atom stereocenters. The summed E-state index contributed by atoms with van der Waals surface area (Å²) >= 11 is 6.05. The lowest BCUT2D eigenvalue weighted by Gasteiger charge is -2.37. The lowest BCUT2D eigenvalue weighted by atomic mass is 9.80. The van der Waals surface area contributed by atoms with Crippen molar-refractivity contribution in [1.82, 2.24) is 4.98 Å². The predicted octanol–water partition coefficient (Wildman–Crippen LogP) is 2.80. The van der Waals surface area contributed by atoms with Gasteiger partial charge in [-0.3, -0.25) is 0 Å². The van der Waals surface area contributed by atoms with Gasteiger partial charge in [0.05, 0.1) is 22.5 Å². The zero-order chi connectivity index (χ0) is 13.5. The molecule has 1 aliphatic rings. The largest absolute Gasteiger partial charge is 0.395 e. The van der Waals surface area contributed by atoms with E-state index in [1.807, 2.05) is 24.3 Å². The van der Waals surface area contributed by atoms with E-state index in [4.69, 9.17) is 17.3 Å². The van der Waals surface area contributed by atoms with E-state index < -0.39 is 5.60 Å². The number of nitrogens with one attached hydrogen (secondary N) is 1. The molecule has 5 heteroatoms. The van der Waals surface area contributed by atoms with Crippen molar-refractivity contribution in [3.8, 4) is 0 Å². The lowest BCUT2D eigenvalue weighted by molar-refractivity contribution is -0.0201. The van der Waals surface area contributed by atoms with Gasteiger partial charge in [-0.25, -0.2) is 4.98 Å².